The average molecular weight is 233 g/mol. The molecular weight excluding hydrogens is 222 g/mol. The zero-order valence-electron chi connectivity index (χ0n) is 8.04. The standard InChI is InChI=1S/C7H11N3O4S/c1-14-4-5(3-11)9-7-8-2-6(15-7)10(12)13/h2,5,11H,3-4H2,1H3,(H,8,9). The van der Waals surface area contributed by atoms with E-state index in [1.807, 2.05) is 0 Å². The van der Waals surface area contributed by atoms with E-state index in [-0.39, 0.29) is 17.6 Å². The van der Waals surface area contributed by atoms with Gasteiger partial charge >= 0.3 is 5.00 Å². The minimum absolute atomic E-state index is 0.0355. The second kappa shape index (κ2) is 5.59. The fourth-order valence-corrected chi connectivity index (χ4v) is 1.64. The lowest BCUT2D eigenvalue weighted by atomic mass is 10.3. The van der Waals surface area contributed by atoms with E-state index in [9.17, 15) is 10.1 Å². The quantitative estimate of drug-likeness (QED) is 0.547. The van der Waals surface area contributed by atoms with Crippen LogP contribution in [0.25, 0.3) is 0 Å². The van der Waals surface area contributed by atoms with E-state index in [0.29, 0.717) is 11.7 Å². The molecule has 0 fully saturated rings. The van der Waals surface area contributed by atoms with Crippen LogP contribution in [0, 0.1) is 10.1 Å². The summed E-state index contributed by atoms with van der Waals surface area (Å²) >= 11 is 0.923. The Morgan fingerprint density at radius 3 is 3.07 bits per heavy atom. The topological polar surface area (TPSA) is 97.5 Å². The second-order valence-corrected chi connectivity index (χ2v) is 3.75. The predicted molar refractivity (Wildman–Crippen MR) is 55.1 cm³/mol. The molecule has 0 aromatic carbocycles. The van der Waals surface area contributed by atoms with Gasteiger partial charge in [-0.3, -0.25) is 10.1 Å². The monoisotopic (exact) mass is 233 g/mol. The minimum Gasteiger partial charge on any atom is -0.394 e. The van der Waals surface area contributed by atoms with Crippen molar-refractivity contribution in [1.29, 1.82) is 0 Å². The lowest BCUT2D eigenvalue weighted by Crippen LogP contribution is -2.28. The van der Waals surface area contributed by atoms with Gasteiger partial charge < -0.3 is 15.2 Å². The highest BCUT2D eigenvalue weighted by Crippen LogP contribution is 2.25. The molecule has 1 unspecified atom stereocenters. The molecule has 7 nitrogen and oxygen atoms in total. The Morgan fingerprint density at radius 2 is 2.60 bits per heavy atom. The van der Waals surface area contributed by atoms with Crippen molar-refractivity contribution >= 4 is 21.5 Å². The highest BCUT2D eigenvalue weighted by atomic mass is 32.1. The Kier molecular flexibility index (Phi) is 4.40. The Labute approximate surface area is 89.9 Å². The van der Waals surface area contributed by atoms with Gasteiger partial charge in [0.1, 0.15) is 6.20 Å². The van der Waals surface area contributed by atoms with Crippen molar-refractivity contribution in [3.8, 4) is 0 Å². The van der Waals surface area contributed by atoms with Crippen molar-refractivity contribution in [2.24, 2.45) is 0 Å². The van der Waals surface area contributed by atoms with Gasteiger partial charge in [-0.15, -0.1) is 0 Å². The van der Waals surface area contributed by atoms with Gasteiger partial charge in [0, 0.05) is 7.11 Å². The predicted octanol–water partition coefficient (Wildman–Crippen LogP) is 0.470. The molecule has 8 heteroatoms. The maximum absolute atomic E-state index is 10.4. The van der Waals surface area contributed by atoms with Crippen LogP contribution in [0.4, 0.5) is 10.1 Å². The number of thiazole rings is 1. The van der Waals surface area contributed by atoms with Gasteiger partial charge in [-0.1, -0.05) is 0 Å². The lowest BCUT2D eigenvalue weighted by Gasteiger charge is -2.13. The maximum atomic E-state index is 10.4. The first-order valence-electron chi connectivity index (χ1n) is 4.14. The number of nitro groups is 1. The Morgan fingerprint density at radius 1 is 1.87 bits per heavy atom. The van der Waals surface area contributed by atoms with E-state index < -0.39 is 4.92 Å². The molecule has 0 amide bonds. The molecule has 2 N–H and O–H groups in total. The van der Waals surface area contributed by atoms with Gasteiger partial charge in [-0.05, 0) is 11.3 Å². The maximum Gasteiger partial charge on any atom is 0.345 e. The number of aromatic nitrogens is 1. The SMILES string of the molecule is COCC(CO)Nc1ncc([N+](=O)[O-])s1. The number of hydrogen-bond donors (Lipinski definition) is 2. The van der Waals surface area contributed by atoms with Gasteiger partial charge in [-0.2, -0.15) is 0 Å². The smallest absolute Gasteiger partial charge is 0.345 e. The van der Waals surface area contributed by atoms with E-state index >= 15 is 0 Å². The van der Waals surface area contributed by atoms with Crippen LogP contribution in [0.2, 0.25) is 0 Å². The van der Waals surface area contributed by atoms with Crippen molar-refractivity contribution in [2.45, 2.75) is 6.04 Å². The van der Waals surface area contributed by atoms with Crippen LogP contribution in [0.1, 0.15) is 0 Å². The normalized spacial score (nSPS) is 12.4. The number of methoxy groups -OCH3 is 1. The number of nitrogens with zero attached hydrogens (tertiary/aromatic N) is 2. The summed E-state index contributed by atoms with van der Waals surface area (Å²) in [6.07, 6.45) is 1.17. The van der Waals surface area contributed by atoms with Crippen molar-refractivity contribution in [3.05, 3.63) is 16.3 Å². The first kappa shape index (κ1) is 11.8. The average Bonchev–Trinajstić information content (AvgIpc) is 2.65. The third kappa shape index (κ3) is 3.42. The van der Waals surface area contributed by atoms with Crippen LogP contribution in [0.3, 0.4) is 0 Å². The van der Waals surface area contributed by atoms with Gasteiger partial charge in [0.2, 0.25) is 0 Å². The number of ether oxygens (including phenoxy) is 1. The number of aliphatic hydroxyl groups is 1. The third-order valence-corrected chi connectivity index (χ3v) is 2.47. The van der Waals surface area contributed by atoms with Gasteiger partial charge in [0.25, 0.3) is 0 Å². The van der Waals surface area contributed by atoms with E-state index in [1.54, 1.807) is 0 Å². The van der Waals surface area contributed by atoms with E-state index in [1.165, 1.54) is 13.3 Å². The van der Waals surface area contributed by atoms with E-state index in [4.69, 9.17) is 9.84 Å². The molecule has 15 heavy (non-hydrogen) atoms. The van der Waals surface area contributed by atoms with Gasteiger partial charge in [0.05, 0.1) is 24.2 Å². The van der Waals surface area contributed by atoms with Crippen LogP contribution in [-0.4, -0.2) is 41.4 Å². The highest BCUT2D eigenvalue weighted by molar-refractivity contribution is 7.18. The summed E-state index contributed by atoms with van der Waals surface area (Å²) in [5.41, 5.74) is 0. The Hall–Kier alpha value is -1.25. The molecule has 0 spiro atoms. The van der Waals surface area contributed by atoms with Crippen LogP contribution in [0.5, 0.6) is 0 Å². The molecule has 1 heterocycles. The van der Waals surface area contributed by atoms with Crippen molar-refractivity contribution < 1.29 is 14.8 Å². The van der Waals surface area contributed by atoms with Gasteiger partial charge in [-0.25, -0.2) is 4.98 Å². The summed E-state index contributed by atoms with van der Waals surface area (Å²) in [4.78, 5) is 13.7. The second-order valence-electron chi connectivity index (χ2n) is 2.74. The summed E-state index contributed by atoms with van der Waals surface area (Å²) in [6, 6.07) is -0.305. The molecule has 1 aromatic heterocycles. The number of nitrogens with one attached hydrogen (secondary N) is 1. The number of aliphatic hydroxyl groups excluding tert-OH is 1. The van der Waals surface area contributed by atoms with E-state index in [2.05, 4.69) is 10.3 Å². The molecule has 0 saturated carbocycles. The molecule has 0 aliphatic heterocycles. The third-order valence-electron chi connectivity index (χ3n) is 1.59. The molecule has 1 rings (SSSR count). The first-order valence-corrected chi connectivity index (χ1v) is 4.95. The molecule has 0 bridgehead atoms. The van der Waals surface area contributed by atoms with Crippen LogP contribution in [0.15, 0.2) is 6.20 Å². The molecule has 0 saturated heterocycles. The summed E-state index contributed by atoms with van der Waals surface area (Å²) in [7, 11) is 1.51. The zero-order chi connectivity index (χ0) is 11.3. The van der Waals surface area contributed by atoms with Gasteiger partial charge in [0.15, 0.2) is 5.13 Å². The largest absolute Gasteiger partial charge is 0.394 e. The molecular formula is C7H11N3O4S. The van der Waals surface area contributed by atoms with Crippen LogP contribution < -0.4 is 5.32 Å². The molecule has 0 radical (unpaired) electrons. The summed E-state index contributed by atoms with van der Waals surface area (Å²) in [6.45, 7) is 0.186. The molecule has 0 aliphatic carbocycles. The molecule has 0 aliphatic rings. The highest BCUT2D eigenvalue weighted by Gasteiger charge is 2.14. The minimum atomic E-state index is -0.507. The molecule has 1 aromatic rings. The van der Waals surface area contributed by atoms with Crippen molar-refractivity contribution in [1.82, 2.24) is 4.98 Å². The van der Waals surface area contributed by atoms with Crippen LogP contribution >= 0.6 is 11.3 Å². The zero-order valence-corrected chi connectivity index (χ0v) is 8.86. The fourth-order valence-electron chi connectivity index (χ4n) is 0.933. The number of rotatable bonds is 6. The number of hydrogen-bond acceptors (Lipinski definition) is 7. The van der Waals surface area contributed by atoms with E-state index in [0.717, 1.165) is 11.3 Å². The number of anilines is 1. The summed E-state index contributed by atoms with van der Waals surface area (Å²) < 4.78 is 4.84. The first-order chi connectivity index (χ1) is 7.17. The van der Waals surface area contributed by atoms with Crippen LogP contribution in [-0.2, 0) is 4.74 Å². The molecule has 84 valence electrons. The fraction of sp³-hybridized carbons (Fsp3) is 0.571. The van der Waals surface area contributed by atoms with Crippen molar-refractivity contribution in [3.63, 3.8) is 0 Å². The van der Waals surface area contributed by atoms with Crippen molar-refractivity contribution in [2.75, 3.05) is 25.6 Å². The summed E-state index contributed by atoms with van der Waals surface area (Å²) in [5, 5.41) is 22.5. The Balaban J connectivity index is 2.59. The summed E-state index contributed by atoms with van der Waals surface area (Å²) in [5.74, 6) is 0. The lowest BCUT2D eigenvalue weighted by molar-refractivity contribution is -0.380. The molecule has 1 atom stereocenters. The Bertz CT molecular complexity index is 330.